The molecule has 1 aliphatic heterocycles. The SMILES string of the molecule is Cc1ncn(CCNCC2CCOC2)c(=O)c1Br. The van der Waals surface area contributed by atoms with Crippen LogP contribution in [0.4, 0.5) is 0 Å². The van der Waals surface area contributed by atoms with E-state index < -0.39 is 0 Å². The van der Waals surface area contributed by atoms with Crippen molar-refractivity contribution in [1.29, 1.82) is 0 Å². The van der Waals surface area contributed by atoms with Gasteiger partial charge in [0.05, 0.1) is 18.6 Å². The second-order valence-corrected chi connectivity index (χ2v) is 5.37. The van der Waals surface area contributed by atoms with Crippen LogP contribution in [0, 0.1) is 12.8 Å². The fraction of sp³-hybridized carbons (Fsp3) is 0.667. The minimum atomic E-state index is -0.0199. The maximum absolute atomic E-state index is 11.9. The smallest absolute Gasteiger partial charge is 0.267 e. The molecule has 1 aliphatic rings. The molecule has 18 heavy (non-hydrogen) atoms. The van der Waals surface area contributed by atoms with Crippen molar-refractivity contribution < 1.29 is 4.74 Å². The Morgan fingerprint density at radius 3 is 3.22 bits per heavy atom. The van der Waals surface area contributed by atoms with Gasteiger partial charge in [-0.15, -0.1) is 0 Å². The van der Waals surface area contributed by atoms with E-state index in [0.29, 0.717) is 16.9 Å². The lowest BCUT2D eigenvalue weighted by Gasteiger charge is -2.10. The van der Waals surface area contributed by atoms with Crippen molar-refractivity contribution in [2.24, 2.45) is 5.92 Å². The van der Waals surface area contributed by atoms with E-state index in [-0.39, 0.29) is 5.56 Å². The van der Waals surface area contributed by atoms with Gasteiger partial charge in [0.2, 0.25) is 0 Å². The van der Waals surface area contributed by atoms with Crippen LogP contribution in [-0.4, -0.2) is 35.9 Å². The zero-order valence-corrected chi connectivity index (χ0v) is 12.1. The normalized spacial score (nSPS) is 19.3. The molecule has 5 nitrogen and oxygen atoms in total. The Hall–Kier alpha value is -0.720. The van der Waals surface area contributed by atoms with Crippen molar-refractivity contribution in [1.82, 2.24) is 14.9 Å². The van der Waals surface area contributed by atoms with Crippen molar-refractivity contribution >= 4 is 15.9 Å². The molecule has 0 spiro atoms. The summed E-state index contributed by atoms with van der Waals surface area (Å²) in [5.74, 6) is 0.615. The molecule has 100 valence electrons. The summed E-state index contributed by atoms with van der Waals surface area (Å²) in [5, 5.41) is 3.35. The molecule has 1 saturated heterocycles. The molecule has 0 bridgehead atoms. The largest absolute Gasteiger partial charge is 0.381 e. The maximum atomic E-state index is 11.9. The molecule has 0 radical (unpaired) electrons. The summed E-state index contributed by atoms with van der Waals surface area (Å²) in [6, 6.07) is 0. The van der Waals surface area contributed by atoms with Gasteiger partial charge in [0.25, 0.3) is 5.56 Å². The zero-order chi connectivity index (χ0) is 13.0. The highest BCUT2D eigenvalue weighted by molar-refractivity contribution is 9.10. The lowest BCUT2D eigenvalue weighted by atomic mass is 10.1. The molecule has 1 aromatic rings. The third kappa shape index (κ3) is 3.40. The molecular weight excluding hydrogens is 298 g/mol. The Bertz CT molecular complexity index is 455. The van der Waals surface area contributed by atoms with E-state index in [9.17, 15) is 4.79 Å². The molecule has 2 heterocycles. The topological polar surface area (TPSA) is 56.1 Å². The summed E-state index contributed by atoms with van der Waals surface area (Å²) >= 11 is 3.26. The first-order valence-corrected chi connectivity index (χ1v) is 6.98. The number of ether oxygens (including phenoxy) is 1. The Labute approximate surface area is 115 Å². The van der Waals surface area contributed by atoms with Gasteiger partial charge in [0, 0.05) is 26.2 Å². The lowest BCUT2D eigenvalue weighted by Crippen LogP contribution is -2.30. The Kier molecular flexibility index (Phi) is 4.91. The highest BCUT2D eigenvalue weighted by Gasteiger charge is 2.14. The Balaban J connectivity index is 1.79. The molecule has 0 aromatic carbocycles. The number of aromatic nitrogens is 2. The third-order valence-electron chi connectivity index (χ3n) is 3.14. The highest BCUT2D eigenvalue weighted by Crippen LogP contribution is 2.10. The van der Waals surface area contributed by atoms with E-state index in [1.807, 2.05) is 6.92 Å². The third-order valence-corrected chi connectivity index (χ3v) is 4.06. The number of rotatable bonds is 5. The summed E-state index contributed by atoms with van der Waals surface area (Å²) < 4.78 is 7.48. The van der Waals surface area contributed by atoms with Gasteiger partial charge in [-0.05, 0) is 35.2 Å². The van der Waals surface area contributed by atoms with Gasteiger partial charge in [-0.25, -0.2) is 4.98 Å². The maximum Gasteiger partial charge on any atom is 0.267 e. The van der Waals surface area contributed by atoms with Crippen LogP contribution in [0.3, 0.4) is 0 Å². The number of hydrogen-bond donors (Lipinski definition) is 1. The average Bonchev–Trinajstić information content (AvgIpc) is 2.87. The Morgan fingerprint density at radius 2 is 2.50 bits per heavy atom. The summed E-state index contributed by atoms with van der Waals surface area (Å²) in [4.78, 5) is 16.0. The molecule has 1 fully saturated rings. The van der Waals surface area contributed by atoms with Crippen molar-refractivity contribution in [3.8, 4) is 0 Å². The average molecular weight is 316 g/mol. The van der Waals surface area contributed by atoms with Gasteiger partial charge in [0.1, 0.15) is 4.47 Å². The summed E-state index contributed by atoms with van der Waals surface area (Å²) in [6.45, 7) is 5.90. The van der Waals surface area contributed by atoms with Crippen LogP contribution in [0.2, 0.25) is 0 Å². The molecule has 1 atom stereocenters. The minimum absolute atomic E-state index is 0.0199. The fourth-order valence-corrected chi connectivity index (χ4v) is 2.29. The van der Waals surface area contributed by atoms with Crippen LogP contribution < -0.4 is 10.9 Å². The predicted octanol–water partition coefficient (Wildman–Crippen LogP) is 0.940. The molecule has 0 amide bonds. The van der Waals surface area contributed by atoms with E-state index in [0.717, 1.165) is 38.4 Å². The standard InChI is InChI=1S/C12H18BrN3O2/c1-9-11(13)12(17)16(8-15-9)4-3-14-6-10-2-5-18-7-10/h8,10,14H,2-7H2,1H3. The van der Waals surface area contributed by atoms with Gasteiger partial charge < -0.3 is 10.1 Å². The second-order valence-electron chi connectivity index (χ2n) is 4.58. The molecule has 2 rings (SSSR count). The number of halogens is 1. The van der Waals surface area contributed by atoms with Crippen LogP contribution in [0.15, 0.2) is 15.6 Å². The van der Waals surface area contributed by atoms with Crippen LogP contribution in [0.1, 0.15) is 12.1 Å². The number of nitrogens with one attached hydrogen (secondary N) is 1. The van der Waals surface area contributed by atoms with E-state index in [4.69, 9.17) is 4.74 Å². The van der Waals surface area contributed by atoms with Crippen LogP contribution in [0.25, 0.3) is 0 Å². The molecule has 1 unspecified atom stereocenters. The second kappa shape index (κ2) is 6.45. The van der Waals surface area contributed by atoms with Gasteiger partial charge in [-0.2, -0.15) is 0 Å². The monoisotopic (exact) mass is 315 g/mol. The van der Waals surface area contributed by atoms with Crippen molar-refractivity contribution in [2.75, 3.05) is 26.3 Å². The van der Waals surface area contributed by atoms with E-state index in [2.05, 4.69) is 26.2 Å². The number of hydrogen-bond acceptors (Lipinski definition) is 4. The fourth-order valence-electron chi connectivity index (χ4n) is 1.96. The van der Waals surface area contributed by atoms with Crippen molar-refractivity contribution in [3.63, 3.8) is 0 Å². The predicted molar refractivity (Wildman–Crippen MR) is 72.7 cm³/mol. The number of aryl methyl sites for hydroxylation is 1. The minimum Gasteiger partial charge on any atom is -0.381 e. The summed E-state index contributed by atoms with van der Waals surface area (Å²) in [6.07, 6.45) is 2.73. The van der Waals surface area contributed by atoms with E-state index in [1.54, 1.807) is 10.9 Å². The van der Waals surface area contributed by atoms with Gasteiger partial charge in [-0.3, -0.25) is 9.36 Å². The van der Waals surface area contributed by atoms with Crippen molar-refractivity contribution in [2.45, 2.75) is 19.9 Å². The molecule has 6 heteroatoms. The van der Waals surface area contributed by atoms with Gasteiger partial charge in [-0.1, -0.05) is 0 Å². The van der Waals surface area contributed by atoms with Crippen molar-refractivity contribution in [3.05, 3.63) is 26.8 Å². The quantitative estimate of drug-likeness (QED) is 0.822. The molecule has 1 aromatic heterocycles. The summed E-state index contributed by atoms with van der Waals surface area (Å²) in [5.41, 5.74) is 0.709. The van der Waals surface area contributed by atoms with Crippen LogP contribution in [-0.2, 0) is 11.3 Å². The molecule has 0 aliphatic carbocycles. The van der Waals surface area contributed by atoms with Gasteiger partial charge in [0.15, 0.2) is 0 Å². The number of nitrogens with zero attached hydrogens (tertiary/aromatic N) is 2. The van der Waals surface area contributed by atoms with E-state index in [1.165, 1.54) is 0 Å². The zero-order valence-electron chi connectivity index (χ0n) is 10.5. The molecule has 1 N–H and O–H groups in total. The first-order chi connectivity index (χ1) is 8.68. The lowest BCUT2D eigenvalue weighted by molar-refractivity contribution is 0.185. The van der Waals surface area contributed by atoms with E-state index >= 15 is 0 Å². The Morgan fingerprint density at radius 1 is 1.67 bits per heavy atom. The molecule has 0 saturated carbocycles. The van der Waals surface area contributed by atoms with Gasteiger partial charge >= 0.3 is 0 Å². The van der Waals surface area contributed by atoms with Crippen LogP contribution in [0.5, 0.6) is 0 Å². The first kappa shape index (κ1) is 13.7. The molecular formula is C12H18BrN3O2. The first-order valence-electron chi connectivity index (χ1n) is 6.18. The summed E-state index contributed by atoms with van der Waals surface area (Å²) in [7, 11) is 0. The highest BCUT2D eigenvalue weighted by atomic mass is 79.9. The van der Waals surface area contributed by atoms with Crippen LogP contribution >= 0.6 is 15.9 Å².